The van der Waals surface area contributed by atoms with E-state index in [1.54, 1.807) is 0 Å². The summed E-state index contributed by atoms with van der Waals surface area (Å²) in [7, 11) is 0. The summed E-state index contributed by atoms with van der Waals surface area (Å²) in [5.41, 5.74) is 9.04. The monoisotopic (exact) mass is 216 g/mol. The fraction of sp³-hybridized carbons (Fsp3) is 0.308. The number of nitrogens with two attached hydrogens (primary N) is 1. The Morgan fingerprint density at radius 2 is 1.81 bits per heavy atom. The highest BCUT2D eigenvalue weighted by Crippen LogP contribution is 2.14. The second-order valence-corrected chi connectivity index (χ2v) is 4.04. The summed E-state index contributed by atoms with van der Waals surface area (Å²) < 4.78 is 5.19. The Morgan fingerprint density at radius 3 is 2.38 bits per heavy atom. The van der Waals surface area contributed by atoms with Crippen molar-refractivity contribution in [1.29, 1.82) is 0 Å². The minimum Gasteiger partial charge on any atom is -0.429 e. The molecular weight excluding hydrogens is 200 g/mol. The molecule has 0 saturated carbocycles. The van der Waals surface area contributed by atoms with Crippen molar-refractivity contribution in [2.75, 3.05) is 5.73 Å². The van der Waals surface area contributed by atoms with Crippen molar-refractivity contribution in [3.63, 3.8) is 0 Å². The van der Waals surface area contributed by atoms with Crippen LogP contribution in [0.3, 0.4) is 0 Å². The molecule has 2 aromatic rings. The van der Waals surface area contributed by atoms with Gasteiger partial charge in [0, 0.05) is 0 Å². The first-order chi connectivity index (χ1) is 7.65. The molecule has 2 rings (SSSR count). The number of nitrogens with zero attached hydrogens (tertiary/aromatic N) is 1. The Bertz CT molecular complexity index is 471. The second kappa shape index (κ2) is 4.39. The molecule has 0 unspecified atom stereocenters. The van der Waals surface area contributed by atoms with Gasteiger partial charge in [-0.25, -0.2) is 0 Å². The predicted octanol–water partition coefficient (Wildman–Crippen LogP) is 2.66. The number of oxazole rings is 1. The quantitative estimate of drug-likeness (QED) is 0.858. The lowest BCUT2D eigenvalue weighted by Crippen LogP contribution is -1.94. The van der Waals surface area contributed by atoms with Crippen molar-refractivity contribution in [3.05, 3.63) is 46.8 Å². The van der Waals surface area contributed by atoms with Crippen LogP contribution in [0.25, 0.3) is 0 Å². The van der Waals surface area contributed by atoms with Crippen LogP contribution in [0.5, 0.6) is 0 Å². The molecule has 0 spiro atoms. The van der Waals surface area contributed by atoms with E-state index in [-0.39, 0.29) is 6.01 Å². The van der Waals surface area contributed by atoms with Crippen molar-refractivity contribution >= 4 is 6.01 Å². The summed E-state index contributed by atoms with van der Waals surface area (Å²) in [6.45, 7) is 3.99. The molecule has 0 atom stereocenters. The zero-order valence-corrected chi connectivity index (χ0v) is 9.66. The van der Waals surface area contributed by atoms with Crippen LogP contribution in [0.1, 0.15) is 22.6 Å². The van der Waals surface area contributed by atoms with Crippen LogP contribution in [0, 0.1) is 13.8 Å². The lowest BCUT2D eigenvalue weighted by atomic mass is 10.1. The Morgan fingerprint density at radius 1 is 1.12 bits per heavy atom. The number of rotatable bonds is 3. The van der Waals surface area contributed by atoms with Crippen LogP contribution in [0.15, 0.2) is 28.7 Å². The molecular formula is C13H16N2O. The molecule has 0 saturated heterocycles. The Balaban J connectivity index is 2.02. The van der Waals surface area contributed by atoms with Gasteiger partial charge in [-0.15, -0.1) is 0 Å². The third kappa shape index (κ3) is 2.42. The summed E-state index contributed by atoms with van der Waals surface area (Å²) in [6.07, 6.45) is 1.84. The van der Waals surface area contributed by atoms with Gasteiger partial charge in [-0.1, -0.05) is 29.8 Å². The molecule has 0 radical (unpaired) electrons. The molecule has 0 amide bonds. The van der Waals surface area contributed by atoms with Gasteiger partial charge in [-0.2, -0.15) is 4.98 Å². The number of benzene rings is 1. The first-order valence-electron chi connectivity index (χ1n) is 5.42. The third-order valence-corrected chi connectivity index (χ3v) is 2.68. The van der Waals surface area contributed by atoms with Crippen LogP contribution in [0.2, 0.25) is 0 Å². The lowest BCUT2D eigenvalue weighted by molar-refractivity contribution is 0.544. The molecule has 2 N–H and O–H groups in total. The number of aromatic nitrogens is 1. The van der Waals surface area contributed by atoms with Gasteiger partial charge >= 0.3 is 0 Å². The van der Waals surface area contributed by atoms with E-state index < -0.39 is 0 Å². The summed E-state index contributed by atoms with van der Waals surface area (Å²) in [5.74, 6) is 0.824. The molecule has 3 heteroatoms. The van der Waals surface area contributed by atoms with Crippen LogP contribution < -0.4 is 5.73 Å². The maximum Gasteiger partial charge on any atom is 0.292 e. The largest absolute Gasteiger partial charge is 0.429 e. The number of nitrogen functional groups attached to an aromatic ring is 1. The van der Waals surface area contributed by atoms with Gasteiger partial charge in [0.25, 0.3) is 6.01 Å². The van der Waals surface area contributed by atoms with Crippen LogP contribution in [-0.4, -0.2) is 4.98 Å². The molecule has 0 aliphatic rings. The smallest absolute Gasteiger partial charge is 0.292 e. The molecule has 1 heterocycles. The average molecular weight is 216 g/mol. The standard InChI is InChI=1S/C13H16N2O/c1-9-3-5-11(6-4-9)7-8-12-10(2)16-13(14)15-12/h3-6H,7-8H2,1-2H3,(H2,14,15). The van der Waals surface area contributed by atoms with Crippen molar-refractivity contribution < 1.29 is 4.42 Å². The molecule has 84 valence electrons. The molecule has 0 fully saturated rings. The zero-order chi connectivity index (χ0) is 11.5. The first-order valence-corrected chi connectivity index (χ1v) is 5.42. The van der Waals surface area contributed by atoms with Gasteiger partial charge in [0.1, 0.15) is 5.76 Å². The fourth-order valence-corrected chi connectivity index (χ4v) is 1.70. The fourth-order valence-electron chi connectivity index (χ4n) is 1.70. The highest BCUT2D eigenvalue weighted by atomic mass is 16.4. The van der Waals surface area contributed by atoms with E-state index in [0.29, 0.717) is 0 Å². The number of hydrogen-bond acceptors (Lipinski definition) is 3. The summed E-state index contributed by atoms with van der Waals surface area (Å²) >= 11 is 0. The second-order valence-electron chi connectivity index (χ2n) is 4.04. The van der Waals surface area contributed by atoms with Crippen LogP contribution >= 0.6 is 0 Å². The topological polar surface area (TPSA) is 52.0 Å². The Labute approximate surface area is 95.3 Å². The van der Waals surface area contributed by atoms with E-state index in [4.69, 9.17) is 10.2 Å². The summed E-state index contributed by atoms with van der Waals surface area (Å²) in [6, 6.07) is 8.80. The highest BCUT2D eigenvalue weighted by Gasteiger charge is 2.06. The van der Waals surface area contributed by atoms with E-state index in [9.17, 15) is 0 Å². The van der Waals surface area contributed by atoms with Gasteiger partial charge in [0.15, 0.2) is 0 Å². The maximum absolute atomic E-state index is 5.49. The van der Waals surface area contributed by atoms with Crippen LogP contribution in [-0.2, 0) is 12.8 Å². The van der Waals surface area contributed by atoms with Gasteiger partial charge in [0.05, 0.1) is 5.69 Å². The first kappa shape index (κ1) is 10.7. The average Bonchev–Trinajstić information content (AvgIpc) is 2.57. The van der Waals surface area contributed by atoms with E-state index in [1.807, 2.05) is 6.92 Å². The van der Waals surface area contributed by atoms with Crippen LogP contribution in [0.4, 0.5) is 6.01 Å². The lowest BCUT2D eigenvalue weighted by Gasteiger charge is -2.00. The Kier molecular flexibility index (Phi) is 2.95. The molecule has 16 heavy (non-hydrogen) atoms. The van der Waals surface area contributed by atoms with Gasteiger partial charge in [0.2, 0.25) is 0 Å². The third-order valence-electron chi connectivity index (χ3n) is 2.68. The predicted molar refractivity (Wildman–Crippen MR) is 64.2 cm³/mol. The molecule has 1 aromatic heterocycles. The zero-order valence-electron chi connectivity index (χ0n) is 9.66. The number of anilines is 1. The minimum atomic E-state index is 0.261. The minimum absolute atomic E-state index is 0.261. The van der Waals surface area contributed by atoms with Crippen molar-refractivity contribution in [2.24, 2.45) is 0 Å². The van der Waals surface area contributed by atoms with Crippen molar-refractivity contribution in [2.45, 2.75) is 26.7 Å². The van der Waals surface area contributed by atoms with E-state index in [2.05, 4.69) is 36.2 Å². The van der Waals surface area contributed by atoms with Crippen molar-refractivity contribution in [1.82, 2.24) is 4.98 Å². The summed E-state index contributed by atoms with van der Waals surface area (Å²) in [5, 5.41) is 0. The summed E-state index contributed by atoms with van der Waals surface area (Å²) in [4.78, 5) is 4.15. The van der Waals surface area contributed by atoms with E-state index in [0.717, 1.165) is 24.3 Å². The van der Waals surface area contributed by atoms with Crippen molar-refractivity contribution in [3.8, 4) is 0 Å². The molecule has 0 aliphatic carbocycles. The highest BCUT2D eigenvalue weighted by molar-refractivity contribution is 5.24. The van der Waals surface area contributed by atoms with Gasteiger partial charge in [-0.05, 0) is 32.3 Å². The Hall–Kier alpha value is -1.77. The van der Waals surface area contributed by atoms with E-state index >= 15 is 0 Å². The maximum atomic E-state index is 5.49. The van der Waals surface area contributed by atoms with Gasteiger partial charge < -0.3 is 10.2 Å². The van der Waals surface area contributed by atoms with Gasteiger partial charge in [-0.3, -0.25) is 0 Å². The number of aryl methyl sites for hydroxylation is 4. The SMILES string of the molecule is Cc1ccc(CCc2nc(N)oc2C)cc1. The molecule has 0 aliphatic heterocycles. The molecule has 3 nitrogen and oxygen atoms in total. The molecule has 0 bridgehead atoms. The normalized spacial score (nSPS) is 10.6. The molecule has 1 aromatic carbocycles. The number of hydrogen-bond donors (Lipinski definition) is 1. The van der Waals surface area contributed by atoms with E-state index in [1.165, 1.54) is 11.1 Å².